The molecule has 0 aromatic heterocycles. The maximum atomic E-state index is 6.06. The van der Waals surface area contributed by atoms with Crippen LogP contribution in [0.3, 0.4) is 0 Å². The van der Waals surface area contributed by atoms with E-state index in [-0.39, 0.29) is 0 Å². The van der Waals surface area contributed by atoms with Gasteiger partial charge in [-0.05, 0) is 50.6 Å². The molecule has 0 aromatic carbocycles. The molecule has 106 valence electrons. The lowest BCUT2D eigenvalue weighted by Gasteiger charge is -2.33. The van der Waals surface area contributed by atoms with Gasteiger partial charge in [-0.3, -0.25) is 4.90 Å². The first-order valence-corrected chi connectivity index (χ1v) is 8.23. The van der Waals surface area contributed by atoms with Gasteiger partial charge in [0, 0.05) is 12.6 Å². The first-order valence-electron chi connectivity index (χ1n) is 8.23. The molecule has 1 saturated heterocycles. The summed E-state index contributed by atoms with van der Waals surface area (Å²) in [7, 11) is 0. The van der Waals surface area contributed by atoms with Crippen molar-refractivity contribution in [2.24, 2.45) is 17.6 Å². The van der Waals surface area contributed by atoms with Gasteiger partial charge in [0.05, 0.1) is 0 Å². The molecule has 0 spiro atoms. The molecular formula is C16H32N2. The molecule has 2 aliphatic rings. The lowest BCUT2D eigenvalue weighted by Crippen LogP contribution is -2.42. The Bertz CT molecular complexity index is 223. The number of likely N-dealkylation sites (tertiary alicyclic amines) is 1. The molecule has 1 aliphatic heterocycles. The average Bonchev–Trinajstić information content (AvgIpc) is 2.62. The molecule has 1 saturated carbocycles. The molecule has 0 aromatic rings. The van der Waals surface area contributed by atoms with E-state index in [0.717, 1.165) is 18.4 Å². The lowest BCUT2D eigenvalue weighted by molar-refractivity contribution is 0.163. The van der Waals surface area contributed by atoms with Crippen LogP contribution in [0.25, 0.3) is 0 Å². The third-order valence-corrected chi connectivity index (χ3v) is 5.17. The Balaban J connectivity index is 1.82. The summed E-state index contributed by atoms with van der Waals surface area (Å²) in [6, 6.07) is 0.665. The zero-order valence-corrected chi connectivity index (χ0v) is 12.2. The van der Waals surface area contributed by atoms with Crippen LogP contribution in [0.1, 0.15) is 64.7 Å². The summed E-state index contributed by atoms with van der Waals surface area (Å²) in [6.45, 7) is 5.85. The Kier molecular flexibility index (Phi) is 5.97. The third kappa shape index (κ3) is 4.24. The number of nitrogens with two attached hydrogens (primary N) is 1. The molecule has 2 rings (SSSR count). The van der Waals surface area contributed by atoms with E-state index in [9.17, 15) is 0 Å². The van der Waals surface area contributed by atoms with Crippen LogP contribution < -0.4 is 5.73 Å². The first kappa shape index (κ1) is 14.3. The topological polar surface area (TPSA) is 29.3 Å². The van der Waals surface area contributed by atoms with E-state index in [1.54, 1.807) is 0 Å². The van der Waals surface area contributed by atoms with Crippen molar-refractivity contribution < 1.29 is 0 Å². The number of rotatable bonds is 4. The van der Waals surface area contributed by atoms with Gasteiger partial charge in [0.15, 0.2) is 0 Å². The second-order valence-electron chi connectivity index (χ2n) is 6.70. The van der Waals surface area contributed by atoms with Gasteiger partial charge >= 0.3 is 0 Å². The highest BCUT2D eigenvalue weighted by atomic mass is 15.2. The van der Waals surface area contributed by atoms with Gasteiger partial charge < -0.3 is 5.73 Å². The van der Waals surface area contributed by atoms with Gasteiger partial charge in [0.25, 0.3) is 0 Å². The van der Waals surface area contributed by atoms with Gasteiger partial charge in [-0.25, -0.2) is 0 Å². The summed E-state index contributed by atoms with van der Waals surface area (Å²) >= 11 is 0. The molecule has 2 heteroatoms. The Hall–Kier alpha value is -0.0800. The van der Waals surface area contributed by atoms with E-state index in [2.05, 4.69) is 11.8 Å². The fourth-order valence-electron chi connectivity index (χ4n) is 3.85. The SMILES string of the molecule is CC1CCCN(C(CN)CC2CCCCC2)CC1. The molecule has 1 heterocycles. The maximum absolute atomic E-state index is 6.06. The zero-order valence-electron chi connectivity index (χ0n) is 12.2. The Labute approximate surface area is 113 Å². The molecule has 2 nitrogen and oxygen atoms in total. The normalized spacial score (nSPS) is 30.0. The van der Waals surface area contributed by atoms with Crippen molar-refractivity contribution >= 4 is 0 Å². The van der Waals surface area contributed by atoms with Crippen molar-refractivity contribution in [2.75, 3.05) is 19.6 Å². The zero-order chi connectivity index (χ0) is 12.8. The highest BCUT2D eigenvalue weighted by Gasteiger charge is 2.24. The monoisotopic (exact) mass is 252 g/mol. The molecule has 2 fully saturated rings. The van der Waals surface area contributed by atoms with Gasteiger partial charge in [-0.15, -0.1) is 0 Å². The van der Waals surface area contributed by atoms with Crippen molar-refractivity contribution in [3.63, 3.8) is 0 Å². The molecule has 0 amide bonds. The molecule has 2 atom stereocenters. The highest BCUT2D eigenvalue weighted by Crippen LogP contribution is 2.29. The molecular weight excluding hydrogens is 220 g/mol. The number of hydrogen-bond acceptors (Lipinski definition) is 2. The van der Waals surface area contributed by atoms with Crippen LogP contribution in [0, 0.1) is 11.8 Å². The van der Waals surface area contributed by atoms with Crippen molar-refractivity contribution in [3.05, 3.63) is 0 Å². The van der Waals surface area contributed by atoms with Crippen molar-refractivity contribution in [1.29, 1.82) is 0 Å². The summed E-state index contributed by atoms with van der Waals surface area (Å²) in [5.74, 6) is 1.89. The Morgan fingerprint density at radius 3 is 2.50 bits per heavy atom. The van der Waals surface area contributed by atoms with Crippen molar-refractivity contribution in [3.8, 4) is 0 Å². The van der Waals surface area contributed by atoms with Crippen molar-refractivity contribution in [2.45, 2.75) is 70.8 Å². The fourth-order valence-corrected chi connectivity index (χ4v) is 3.85. The summed E-state index contributed by atoms with van der Waals surface area (Å²) in [6.07, 6.45) is 12.8. The Morgan fingerprint density at radius 1 is 1.00 bits per heavy atom. The van der Waals surface area contributed by atoms with E-state index in [1.807, 2.05) is 0 Å². The van der Waals surface area contributed by atoms with Gasteiger partial charge in [0.2, 0.25) is 0 Å². The minimum atomic E-state index is 0.665. The molecule has 0 radical (unpaired) electrons. The van der Waals surface area contributed by atoms with E-state index in [4.69, 9.17) is 5.73 Å². The predicted molar refractivity (Wildman–Crippen MR) is 78.6 cm³/mol. The van der Waals surface area contributed by atoms with E-state index in [1.165, 1.54) is 70.9 Å². The first-order chi connectivity index (χ1) is 8.79. The van der Waals surface area contributed by atoms with Crippen LogP contribution in [-0.4, -0.2) is 30.6 Å². The summed E-state index contributed by atoms with van der Waals surface area (Å²) in [5.41, 5.74) is 6.06. The number of nitrogens with zero attached hydrogens (tertiary/aromatic N) is 1. The minimum Gasteiger partial charge on any atom is -0.329 e. The summed E-state index contributed by atoms with van der Waals surface area (Å²) in [4.78, 5) is 2.71. The fraction of sp³-hybridized carbons (Fsp3) is 1.00. The van der Waals surface area contributed by atoms with Crippen LogP contribution in [0.15, 0.2) is 0 Å². The van der Waals surface area contributed by atoms with Crippen LogP contribution in [0.4, 0.5) is 0 Å². The van der Waals surface area contributed by atoms with Gasteiger partial charge in [-0.1, -0.05) is 39.0 Å². The van der Waals surface area contributed by atoms with Crippen LogP contribution in [0.5, 0.6) is 0 Å². The second kappa shape index (κ2) is 7.49. The second-order valence-corrected chi connectivity index (χ2v) is 6.70. The van der Waals surface area contributed by atoms with E-state index in [0.29, 0.717) is 6.04 Å². The third-order valence-electron chi connectivity index (χ3n) is 5.17. The molecule has 2 N–H and O–H groups in total. The van der Waals surface area contributed by atoms with E-state index >= 15 is 0 Å². The average molecular weight is 252 g/mol. The molecule has 18 heavy (non-hydrogen) atoms. The van der Waals surface area contributed by atoms with Crippen LogP contribution in [-0.2, 0) is 0 Å². The number of hydrogen-bond donors (Lipinski definition) is 1. The molecule has 2 unspecified atom stereocenters. The Morgan fingerprint density at radius 2 is 1.78 bits per heavy atom. The largest absolute Gasteiger partial charge is 0.329 e. The lowest BCUT2D eigenvalue weighted by atomic mass is 9.84. The maximum Gasteiger partial charge on any atom is 0.0221 e. The smallest absolute Gasteiger partial charge is 0.0221 e. The van der Waals surface area contributed by atoms with Gasteiger partial charge in [-0.2, -0.15) is 0 Å². The minimum absolute atomic E-state index is 0.665. The van der Waals surface area contributed by atoms with E-state index < -0.39 is 0 Å². The predicted octanol–water partition coefficient (Wildman–Crippen LogP) is 3.41. The van der Waals surface area contributed by atoms with Crippen molar-refractivity contribution in [1.82, 2.24) is 4.90 Å². The summed E-state index contributed by atoms with van der Waals surface area (Å²) in [5, 5.41) is 0. The van der Waals surface area contributed by atoms with Crippen LogP contribution >= 0.6 is 0 Å². The highest BCUT2D eigenvalue weighted by molar-refractivity contribution is 4.80. The quantitative estimate of drug-likeness (QED) is 0.831. The molecule has 1 aliphatic carbocycles. The summed E-state index contributed by atoms with van der Waals surface area (Å²) < 4.78 is 0. The van der Waals surface area contributed by atoms with Gasteiger partial charge in [0.1, 0.15) is 0 Å². The standard InChI is InChI=1S/C16H32N2/c1-14-6-5-10-18(11-9-14)16(13-17)12-15-7-3-2-4-8-15/h14-16H,2-13,17H2,1H3. The molecule has 0 bridgehead atoms. The van der Waals surface area contributed by atoms with Crippen LogP contribution in [0.2, 0.25) is 0 Å².